The van der Waals surface area contributed by atoms with Gasteiger partial charge < -0.3 is 19.7 Å². The van der Waals surface area contributed by atoms with Crippen molar-refractivity contribution < 1.29 is 19.1 Å². The molecule has 0 unspecified atom stereocenters. The van der Waals surface area contributed by atoms with E-state index in [1.807, 2.05) is 54.4 Å². The Morgan fingerprint density at radius 1 is 1.10 bits per heavy atom. The highest BCUT2D eigenvalue weighted by molar-refractivity contribution is 5.96. The molecule has 1 saturated heterocycles. The number of ether oxygens (including phenoxy) is 2. The average molecular weight is 412 g/mol. The van der Waals surface area contributed by atoms with Crippen molar-refractivity contribution in [3.63, 3.8) is 0 Å². The number of anilines is 2. The summed E-state index contributed by atoms with van der Waals surface area (Å²) in [4.78, 5) is 27.9. The Hall–Kier alpha value is -3.06. The molecule has 0 saturated carbocycles. The van der Waals surface area contributed by atoms with Crippen molar-refractivity contribution in [3.8, 4) is 11.5 Å². The van der Waals surface area contributed by atoms with Gasteiger partial charge in [-0.15, -0.1) is 0 Å². The van der Waals surface area contributed by atoms with Gasteiger partial charge in [-0.25, -0.2) is 0 Å². The first-order valence-electron chi connectivity index (χ1n) is 10.1. The maximum Gasteiger partial charge on any atom is 0.238 e. The van der Waals surface area contributed by atoms with E-state index in [1.54, 1.807) is 19.1 Å². The molecule has 0 spiro atoms. The van der Waals surface area contributed by atoms with Crippen LogP contribution in [0.15, 0.2) is 42.5 Å². The van der Waals surface area contributed by atoms with Crippen LogP contribution in [0.1, 0.15) is 18.4 Å². The summed E-state index contributed by atoms with van der Waals surface area (Å²) in [6.45, 7) is 1.79. The second-order valence-corrected chi connectivity index (χ2v) is 7.42. The quantitative estimate of drug-likeness (QED) is 0.687. The summed E-state index contributed by atoms with van der Waals surface area (Å²) in [6.07, 6.45) is 2.30. The molecule has 2 aromatic carbocycles. The summed E-state index contributed by atoms with van der Waals surface area (Å²) in [5.41, 5.74) is 2.72. The molecule has 1 aliphatic rings. The van der Waals surface area contributed by atoms with E-state index in [2.05, 4.69) is 5.32 Å². The third-order valence-corrected chi connectivity index (χ3v) is 5.18. The molecule has 7 heteroatoms. The molecule has 0 radical (unpaired) electrons. The molecule has 1 aliphatic heterocycles. The molecule has 3 rings (SSSR count). The summed E-state index contributed by atoms with van der Waals surface area (Å²) in [5.74, 6) is 1.49. The molecule has 2 amide bonds. The van der Waals surface area contributed by atoms with E-state index >= 15 is 0 Å². The maximum absolute atomic E-state index is 12.4. The van der Waals surface area contributed by atoms with Crippen LogP contribution in [0.3, 0.4) is 0 Å². The van der Waals surface area contributed by atoms with Crippen LogP contribution in [0.5, 0.6) is 11.5 Å². The van der Waals surface area contributed by atoms with Gasteiger partial charge in [0.25, 0.3) is 0 Å². The minimum Gasteiger partial charge on any atom is -0.493 e. The number of rotatable bonds is 9. The molecule has 1 N–H and O–H groups in total. The van der Waals surface area contributed by atoms with Gasteiger partial charge in [0, 0.05) is 30.9 Å². The fourth-order valence-corrected chi connectivity index (χ4v) is 3.53. The smallest absolute Gasteiger partial charge is 0.238 e. The highest BCUT2D eigenvalue weighted by Crippen LogP contribution is 2.27. The molecule has 0 bridgehead atoms. The number of hydrogen-bond donors (Lipinski definition) is 1. The Morgan fingerprint density at radius 3 is 2.47 bits per heavy atom. The predicted molar refractivity (Wildman–Crippen MR) is 117 cm³/mol. The van der Waals surface area contributed by atoms with Gasteiger partial charge in [0.2, 0.25) is 11.8 Å². The molecule has 0 aliphatic carbocycles. The number of methoxy groups -OCH3 is 2. The van der Waals surface area contributed by atoms with Gasteiger partial charge in [0.15, 0.2) is 11.5 Å². The van der Waals surface area contributed by atoms with Crippen LogP contribution < -0.4 is 19.7 Å². The number of carbonyl (C=O) groups excluding carboxylic acids is 2. The zero-order chi connectivity index (χ0) is 21.5. The number of likely N-dealkylation sites (N-methyl/N-ethyl adjacent to an activating group) is 1. The van der Waals surface area contributed by atoms with E-state index < -0.39 is 0 Å². The molecule has 2 aromatic rings. The fraction of sp³-hybridized carbons (Fsp3) is 0.391. The molecule has 7 nitrogen and oxygen atoms in total. The summed E-state index contributed by atoms with van der Waals surface area (Å²) in [5, 5.41) is 2.91. The lowest BCUT2D eigenvalue weighted by Crippen LogP contribution is -2.31. The van der Waals surface area contributed by atoms with Crippen LogP contribution in [0.2, 0.25) is 0 Å². The van der Waals surface area contributed by atoms with Crippen molar-refractivity contribution in [2.24, 2.45) is 0 Å². The molecule has 1 heterocycles. The van der Waals surface area contributed by atoms with Crippen LogP contribution in [-0.2, 0) is 16.0 Å². The normalized spacial score (nSPS) is 13.6. The second kappa shape index (κ2) is 10.1. The first kappa shape index (κ1) is 21.6. The largest absolute Gasteiger partial charge is 0.493 e. The average Bonchev–Trinajstić information content (AvgIpc) is 3.18. The molecular formula is C23H29N3O4. The van der Waals surface area contributed by atoms with E-state index in [1.165, 1.54) is 0 Å². The van der Waals surface area contributed by atoms with Gasteiger partial charge in [-0.1, -0.05) is 6.07 Å². The van der Waals surface area contributed by atoms with Gasteiger partial charge in [-0.05, 0) is 61.9 Å². The Labute approximate surface area is 177 Å². The second-order valence-electron chi connectivity index (χ2n) is 7.42. The van der Waals surface area contributed by atoms with Crippen LogP contribution in [0, 0.1) is 0 Å². The van der Waals surface area contributed by atoms with Crippen molar-refractivity contribution in [2.75, 3.05) is 51.1 Å². The zero-order valence-electron chi connectivity index (χ0n) is 17.8. The summed E-state index contributed by atoms with van der Waals surface area (Å²) < 4.78 is 10.6. The fourth-order valence-electron chi connectivity index (χ4n) is 3.53. The standard InChI is InChI=1S/C23H29N3O4/c1-25(14-12-17-6-11-20(29-2)21(15-17)30-3)16-22(27)24-18-7-9-19(10-8-18)26-13-4-5-23(26)28/h6-11,15H,4-5,12-14,16H2,1-3H3,(H,24,27). The predicted octanol–water partition coefficient (Wildman–Crippen LogP) is 2.94. The minimum absolute atomic E-state index is 0.0742. The Kier molecular flexibility index (Phi) is 7.30. The molecule has 0 aromatic heterocycles. The van der Waals surface area contributed by atoms with Gasteiger partial charge in [-0.3, -0.25) is 14.5 Å². The van der Waals surface area contributed by atoms with Gasteiger partial charge in [0.05, 0.1) is 20.8 Å². The minimum atomic E-state index is -0.0742. The number of carbonyl (C=O) groups is 2. The van der Waals surface area contributed by atoms with Crippen molar-refractivity contribution in [1.82, 2.24) is 4.90 Å². The van der Waals surface area contributed by atoms with Crippen molar-refractivity contribution in [3.05, 3.63) is 48.0 Å². The third kappa shape index (κ3) is 5.51. The molecule has 30 heavy (non-hydrogen) atoms. The van der Waals surface area contributed by atoms with Crippen molar-refractivity contribution >= 4 is 23.2 Å². The lowest BCUT2D eigenvalue weighted by Gasteiger charge is -2.18. The van der Waals surface area contributed by atoms with E-state index in [9.17, 15) is 9.59 Å². The highest BCUT2D eigenvalue weighted by atomic mass is 16.5. The zero-order valence-corrected chi connectivity index (χ0v) is 17.8. The summed E-state index contributed by atoms with van der Waals surface area (Å²) >= 11 is 0. The summed E-state index contributed by atoms with van der Waals surface area (Å²) in [7, 11) is 5.15. The van der Waals surface area contributed by atoms with Gasteiger partial charge >= 0.3 is 0 Å². The number of hydrogen-bond acceptors (Lipinski definition) is 5. The van der Waals surface area contributed by atoms with Crippen LogP contribution in [0.25, 0.3) is 0 Å². The van der Waals surface area contributed by atoms with Crippen LogP contribution in [0.4, 0.5) is 11.4 Å². The number of benzene rings is 2. The molecule has 160 valence electrons. The van der Waals surface area contributed by atoms with Gasteiger partial charge in [0.1, 0.15) is 0 Å². The number of nitrogens with zero attached hydrogens (tertiary/aromatic N) is 2. The molecule has 0 atom stereocenters. The monoisotopic (exact) mass is 411 g/mol. The summed E-state index contributed by atoms with van der Waals surface area (Å²) in [6, 6.07) is 13.3. The van der Waals surface area contributed by atoms with E-state index in [4.69, 9.17) is 9.47 Å². The first-order valence-corrected chi connectivity index (χ1v) is 10.1. The van der Waals surface area contributed by atoms with Crippen molar-refractivity contribution in [1.29, 1.82) is 0 Å². The Balaban J connectivity index is 1.47. The SMILES string of the molecule is COc1ccc(CCN(C)CC(=O)Nc2ccc(N3CCCC3=O)cc2)cc1OC. The highest BCUT2D eigenvalue weighted by Gasteiger charge is 2.21. The number of nitrogens with one attached hydrogen (secondary N) is 1. The molecular weight excluding hydrogens is 382 g/mol. The van der Waals surface area contributed by atoms with E-state index in [0.717, 1.165) is 42.9 Å². The first-order chi connectivity index (χ1) is 14.5. The third-order valence-electron chi connectivity index (χ3n) is 5.18. The topological polar surface area (TPSA) is 71.1 Å². The van der Waals surface area contributed by atoms with Crippen LogP contribution in [-0.4, -0.2) is 57.6 Å². The lowest BCUT2D eigenvalue weighted by atomic mass is 10.1. The lowest BCUT2D eigenvalue weighted by molar-refractivity contribution is -0.117. The Morgan fingerprint density at radius 2 is 1.83 bits per heavy atom. The maximum atomic E-state index is 12.4. The van der Waals surface area contributed by atoms with Crippen LogP contribution >= 0.6 is 0 Å². The number of amides is 2. The molecule has 1 fully saturated rings. The Bertz CT molecular complexity index is 883. The van der Waals surface area contributed by atoms with Gasteiger partial charge in [-0.2, -0.15) is 0 Å². The van der Waals surface area contributed by atoms with E-state index in [0.29, 0.717) is 24.5 Å². The van der Waals surface area contributed by atoms with Crippen molar-refractivity contribution in [2.45, 2.75) is 19.3 Å². The van der Waals surface area contributed by atoms with E-state index in [-0.39, 0.29) is 11.8 Å².